The summed E-state index contributed by atoms with van der Waals surface area (Å²) in [5.41, 5.74) is 2.03. The van der Waals surface area contributed by atoms with Crippen LogP contribution in [0, 0.1) is 5.41 Å². The van der Waals surface area contributed by atoms with E-state index >= 15 is 0 Å². The number of nitrogens with one attached hydrogen (secondary N) is 2. The molecule has 1 atom stereocenters. The number of hydrogen-bond acceptors (Lipinski definition) is 4. The SMILES string of the molecule is N=CCC(Nc1ccccc1)c1nn(-c2ccccc2)ccc1=O. The van der Waals surface area contributed by atoms with Gasteiger partial charge in [0.15, 0.2) is 0 Å². The van der Waals surface area contributed by atoms with E-state index in [1.165, 1.54) is 12.3 Å². The predicted molar refractivity (Wildman–Crippen MR) is 96.0 cm³/mol. The maximum atomic E-state index is 12.3. The minimum absolute atomic E-state index is 0.141. The first-order valence-corrected chi connectivity index (χ1v) is 7.74. The summed E-state index contributed by atoms with van der Waals surface area (Å²) in [5.74, 6) is 0. The molecule has 3 aromatic rings. The molecule has 1 heterocycles. The van der Waals surface area contributed by atoms with Gasteiger partial charge in [-0.1, -0.05) is 36.4 Å². The summed E-state index contributed by atoms with van der Waals surface area (Å²) in [6.07, 6.45) is 3.34. The average molecular weight is 318 g/mol. The highest BCUT2D eigenvalue weighted by Gasteiger charge is 2.16. The van der Waals surface area contributed by atoms with Gasteiger partial charge in [0, 0.05) is 24.4 Å². The second-order valence-electron chi connectivity index (χ2n) is 5.35. The highest BCUT2D eigenvalue weighted by Crippen LogP contribution is 2.18. The summed E-state index contributed by atoms with van der Waals surface area (Å²) in [5, 5.41) is 15.2. The fourth-order valence-electron chi connectivity index (χ4n) is 2.48. The molecule has 5 heteroatoms. The van der Waals surface area contributed by atoms with E-state index in [-0.39, 0.29) is 11.5 Å². The van der Waals surface area contributed by atoms with Gasteiger partial charge >= 0.3 is 0 Å². The second-order valence-corrected chi connectivity index (χ2v) is 5.35. The normalized spacial score (nSPS) is 11.7. The molecule has 1 aromatic heterocycles. The first kappa shape index (κ1) is 15.7. The highest BCUT2D eigenvalue weighted by molar-refractivity contribution is 5.56. The zero-order chi connectivity index (χ0) is 16.8. The summed E-state index contributed by atoms with van der Waals surface area (Å²) >= 11 is 0. The Morgan fingerprint density at radius 1 is 1.04 bits per heavy atom. The van der Waals surface area contributed by atoms with Crippen LogP contribution < -0.4 is 10.7 Å². The molecule has 3 rings (SSSR count). The van der Waals surface area contributed by atoms with Gasteiger partial charge in [-0.15, -0.1) is 0 Å². The second kappa shape index (κ2) is 7.37. The largest absolute Gasteiger partial charge is 0.376 e. The van der Waals surface area contributed by atoms with Crippen molar-refractivity contribution in [3.05, 3.63) is 88.8 Å². The zero-order valence-corrected chi connectivity index (χ0v) is 13.1. The number of hydrogen-bond donors (Lipinski definition) is 2. The number of nitrogens with zero attached hydrogens (tertiary/aromatic N) is 2. The van der Waals surface area contributed by atoms with Crippen LogP contribution in [0.5, 0.6) is 0 Å². The van der Waals surface area contributed by atoms with E-state index in [1.54, 1.807) is 10.9 Å². The van der Waals surface area contributed by atoms with Crippen LogP contribution in [0.2, 0.25) is 0 Å². The number of anilines is 1. The molecule has 0 saturated carbocycles. The van der Waals surface area contributed by atoms with Crippen LogP contribution in [0.4, 0.5) is 5.69 Å². The van der Waals surface area contributed by atoms with Crippen molar-refractivity contribution in [2.24, 2.45) is 0 Å². The van der Waals surface area contributed by atoms with E-state index in [4.69, 9.17) is 5.41 Å². The molecule has 24 heavy (non-hydrogen) atoms. The molecule has 0 aliphatic heterocycles. The molecule has 0 aliphatic rings. The Kier molecular flexibility index (Phi) is 4.81. The van der Waals surface area contributed by atoms with Gasteiger partial charge in [0.05, 0.1) is 11.7 Å². The van der Waals surface area contributed by atoms with E-state index in [1.807, 2.05) is 60.7 Å². The summed E-state index contributed by atoms with van der Waals surface area (Å²) in [4.78, 5) is 12.3. The van der Waals surface area contributed by atoms with E-state index in [9.17, 15) is 4.79 Å². The fraction of sp³-hybridized carbons (Fsp3) is 0.105. The molecule has 0 aliphatic carbocycles. The van der Waals surface area contributed by atoms with E-state index in [2.05, 4.69) is 10.4 Å². The van der Waals surface area contributed by atoms with Crippen molar-refractivity contribution in [1.29, 1.82) is 5.41 Å². The molecule has 0 saturated heterocycles. The minimum atomic E-state index is -0.353. The van der Waals surface area contributed by atoms with Crippen LogP contribution in [0.15, 0.2) is 77.7 Å². The Hall–Kier alpha value is -3.21. The van der Waals surface area contributed by atoms with Gasteiger partial charge in [-0.2, -0.15) is 5.10 Å². The molecule has 0 spiro atoms. The van der Waals surface area contributed by atoms with Gasteiger partial charge in [0.2, 0.25) is 5.43 Å². The predicted octanol–water partition coefficient (Wildman–Crippen LogP) is 3.43. The summed E-state index contributed by atoms with van der Waals surface area (Å²) < 4.78 is 1.68. The third-order valence-corrected chi connectivity index (χ3v) is 3.65. The minimum Gasteiger partial charge on any atom is -0.376 e. The third kappa shape index (κ3) is 3.57. The summed E-state index contributed by atoms with van der Waals surface area (Å²) in [6.45, 7) is 0. The number of benzene rings is 2. The van der Waals surface area contributed by atoms with Crippen LogP contribution in [-0.2, 0) is 0 Å². The van der Waals surface area contributed by atoms with Crippen LogP contribution >= 0.6 is 0 Å². The first-order valence-electron chi connectivity index (χ1n) is 7.74. The van der Waals surface area contributed by atoms with Crippen molar-refractivity contribution in [3.8, 4) is 5.69 Å². The lowest BCUT2D eigenvalue weighted by molar-refractivity contribution is 0.708. The Bertz CT molecular complexity index is 859. The lowest BCUT2D eigenvalue weighted by atomic mass is 10.1. The molecule has 1 unspecified atom stereocenters. The lowest BCUT2D eigenvalue weighted by Gasteiger charge is -2.18. The molecular weight excluding hydrogens is 300 g/mol. The Labute approximate surface area is 140 Å². The maximum absolute atomic E-state index is 12.3. The van der Waals surface area contributed by atoms with Crippen molar-refractivity contribution < 1.29 is 0 Å². The van der Waals surface area contributed by atoms with Crippen LogP contribution in [0.3, 0.4) is 0 Å². The standard InChI is InChI=1S/C19H18N4O/c20-13-11-17(21-15-7-3-1-4-8-15)19-18(24)12-14-23(22-19)16-9-5-2-6-10-16/h1-10,12-14,17,20-21H,11H2. The molecule has 0 fully saturated rings. The van der Waals surface area contributed by atoms with Gasteiger partial charge in [-0.05, 0) is 30.5 Å². The smallest absolute Gasteiger partial charge is 0.205 e. The van der Waals surface area contributed by atoms with Crippen molar-refractivity contribution in [2.45, 2.75) is 12.5 Å². The quantitative estimate of drug-likeness (QED) is 0.684. The third-order valence-electron chi connectivity index (χ3n) is 3.65. The van der Waals surface area contributed by atoms with E-state index in [0.717, 1.165) is 11.4 Å². The Balaban J connectivity index is 1.98. The van der Waals surface area contributed by atoms with Crippen LogP contribution in [-0.4, -0.2) is 16.0 Å². The van der Waals surface area contributed by atoms with Gasteiger partial charge < -0.3 is 10.7 Å². The topological polar surface area (TPSA) is 70.8 Å². The summed E-state index contributed by atoms with van der Waals surface area (Å²) in [7, 11) is 0. The van der Waals surface area contributed by atoms with Gasteiger partial charge in [0.1, 0.15) is 5.69 Å². The molecule has 5 nitrogen and oxygen atoms in total. The van der Waals surface area contributed by atoms with Crippen molar-refractivity contribution >= 4 is 11.9 Å². The number of rotatable bonds is 6. The molecule has 2 aromatic carbocycles. The summed E-state index contributed by atoms with van der Waals surface area (Å²) in [6, 6.07) is 20.4. The lowest BCUT2D eigenvalue weighted by Crippen LogP contribution is -2.24. The van der Waals surface area contributed by atoms with Gasteiger partial charge in [0.25, 0.3) is 0 Å². The number of para-hydroxylation sites is 2. The zero-order valence-electron chi connectivity index (χ0n) is 13.1. The molecule has 120 valence electrons. The van der Waals surface area contributed by atoms with Gasteiger partial charge in [-0.3, -0.25) is 4.79 Å². The monoisotopic (exact) mass is 318 g/mol. The molecular formula is C19H18N4O. The van der Waals surface area contributed by atoms with Crippen molar-refractivity contribution in [1.82, 2.24) is 9.78 Å². The maximum Gasteiger partial charge on any atom is 0.205 e. The Morgan fingerprint density at radius 3 is 2.38 bits per heavy atom. The van der Waals surface area contributed by atoms with Gasteiger partial charge in [-0.25, -0.2) is 4.68 Å². The van der Waals surface area contributed by atoms with E-state index < -0.39 is 0 Å². The fourth-order valence-corrected chi connectivity index (χ4v) is 2.48. The molecule has 0 bridgehead atoms. The van der Waals surface area contributed by atoms with Crippen molar-refractivity contribution in [3.63, 3.8) is 0 Å². The highest BCUT2D eigenvalue weighted by atomic mass is 16.1. The average Bonchev–Trinajstić information content (AvgIpc) is 2.63. The molecule has 2 N–H and O–H groups in total. The Morgan fingerprint density at radius 2 is 1.71 bits per heavy atom. The van der Waals surface area contributed by atoms with Crippen molar-refractivity contribution in [2.75, 3.05) is 5.32 Å². The molecule has 0 radical (unpaired) electrons. The van der Waals surface area contributed by atoms with Crippen LogP contribution in [0.1, 0.15) is 18.2 Å². The first-order chi connectivity index (χ1) is 11.8. The van der Waals surface area contributed by atoms with E-state index in [0.29, 0.717) is 12.1 Å². The van der Waals surface area contributed by atoms with Crippen LogP contribution in [0.25, 0.3) is 5.69 Å². The number of aromatic nitrogens is 2. The molecule has 0 amide bonds.